The Hall–Kier alpha value is -2.86. The van der Waals surface area contributed by atoms with Crippen molar-refractivity contribution in [3.63, 3.8) is 0 Å². The molecule has 140 valence electrons. The lowest BCUT2D eigenvalue weighted by atomic mass is 9.95. The van der Waals surface area contributed by atoms with E-state index in [1.165, 1.54) is 6.42 Å². The molecule has 0 saturated carbocycles. The lowest BCUT2D eigenvalue weighted by Crippen LogP contribution is -2.10. The van der Waals surface area contributed by atoms with Gasteiger partial charge in [-0.05, 0) is 23.5 Å². The second kappa shape index (κ2) is 11.0. The topological polar surface area (TPSA) is 50.1 Å². The lowest BCUT2D eigenvalue weighted by Gasteiger charge is -2.12. The fourth-order valence-corrected chi connectivity index (χ4v) is 2.91. The number of carbonyl (C=O) groups is 1. The number of allylic oxidation sites excluding steroid dienone is 1. The van der Waals surface area contributed by atoms with Crippen LogP contribution in [-0.2, 0) is 9.53 Å². The normalized spacial score (nSPS) is 11.6. The molecule has 3 nitrogen and oxygen atoms in total. The molecule has 0 radical (unpaired) electrons. The van der Waals surface area contributed by atoms with E-state index < -0.39 is 5.97 Å². The van der Waals surface area contributed by atoms with Gasteiger partial charge in [-0.2, -0.15) is 5.26 Å². The van der Waals surface area contributed by atoms with Crippen LogP contribution in [0.2, 0.25) is 0 Å². The van der Waals surface area contributed by atoms with Crippen molar-refractivity contribution < 1.29 is 9.53 Å². The van der Waals surface area contributed by atoms with Crippen LogP contribution in [0.5, 0.6) is 0 Å². The Morgan fingerprint density at radius 2 is 1.52 bits per heavy atom. The first-order valence-electron chi connectivity index (χ1n) is 9.55. The van der Waals surface area contributed by atoms with Gasteiger partial charge in [-0.3, -0.25) is 0 Å². The molecule has 0 N–H and O–H groups in total. The number of nitrogens with zero attached hydrogens (tertiary/aromatic N) is 1. The fraction of sp³-hybridized carbons (Fsp3) is 0.333. The molecule has 27 heavy (non-hydrogen) atoms. The van der Waals surface area contributed by atoms with Crippen molar-refractivity contribution in [2.75, 3.05) is 6.61 Å². The van der Waals surface area contributed by atoms with Crippen molar-refractivity contribution in [3.05, 3.63) is 71.8 Å². The van der Waals surface area contributed by atoms with E-state index in [0.29, 0.717) is 34.8 Å². The van der Waals surface area contributed by atoms with Gasteiger partial charge in [0.15, 0.2) is 0 Å². The van der Waals surface area contributed by atoms with Crippen LogP contribution in [0.1, 0.15) is 50.7 Å². The van der Waals surface area contributed by atoms with E-state index in [9.17, 15) is 10.1 Å². The zero-order valence-electron chi connectivity index (χ0n) is 16.2. The van der Waals surface area contributed by atoms with Gasteiger partial charge in [-0.15, -0.1) is 0 Å². The summed E-state index contributed by atoms with van der Waals surface area (Å²) in [6, 6.07) is 20.7. The lowest BCUT2D eigenvalue weighted by molar-refractivity contribution is -0.136. The minimum Gasteiger partial charge on any atom is -0.462 e. The molecule has 0 aromatic heterocycles. The minimum atomic E-state index is -0.439. The van der Waals surface area contributed by atoms with Crippen LogP contribution < -0.4 is 0 Å². The first-order chi connectivity index (χ1) is 13.1. The second-order valence-electron chi connectivity index (χ2n) is 6.97. The molecule has 2 aromatic rings. The standard InChI is InChI=1S/C24H27NO2/c1-19(2)12-6-5-11-17-27-24(26)23(21-15-9-4-10-16-21)22(18-25)20-13-7-3-8-14-20/h3-4,7-10,13-16,19H,5-6,11-12,17H2,1-2H3/b23-22-. The molecule has 0 spiro atoms. The maximum atomic E-state index is 12.8. The highest BCUT2D eigenvalue weighted by molar-refractivity contribution is 6.26. The van der Waals surface area contributed by atoms with E-state index in [2.05, 4.69) is 19.9 Å². The van der Waals surface area contributed by atoms with Gasteiger partial charge in [0.1, 0.15) is 6.07 Å². The molecule has 0 bridgehead atoms. The van der Waals surface area contributed by atoms with Gasteiger partial charge in [0.05, 0.1) is 17.8 Å². The molecule has 0 unspecified atom stereocenters. The third kappa shape index (κ3) is 6.42. The summed E-state index contributed by atoms with van der Waals surface area (Å²) in [5.41, 5.74) is 2.08. The molecule has 0 atom stereocenters. The first-order valence-corrected chi connectivity index (χ1v) is 9.55. The molecule has 2 aromatic carbocycles. The van der Waals surface area contributed by atoms with Gasteiger partial charge in [0.25, 0.3) is 0 Å². The predicted octanol–water partition coefficient (Wildman–Crippen LogP) is 5.88. The van der Waals surface area contributed by atoms with Crippen LogP contribution in [0.25, 0.3) is 11.1 Å². The van der Waals surface area contributed by atoms with E-state index in [4.69, 9.17) is 4.74 Å². The van der Waals surface area contributed by atoms with Crippen LogP contribution in [-0.4, -0.2) is 12.6 Å². The monoisotopic (exact) mass is 361 g/mol. The number of esters is 1. The van der Waals surface area contributed by atoms with E-state index in [-0.39, 0.29) is 0 Å². The van der Waals surface area contributed by atoms with Crippen LogP contribution in [0.15, 0.2) is 60.7 Å². The largest absolute Gasteiger partial charge is 0.462 e. The van der Waals surface area contributed by atoms with Crippen LogP contribution >= 0.6 is 0 Å². The first kappa shape index (κ1) is 20.5. The maximum Gasteiger partial charge on any atom is 0.340 e. The number of rotatable bonds is 9. The Kier molecular flexibility index (Phi) is 8.32. The molecule has 0 saturated heterocycles. The minimum absolute atomic E-state index is 0.325. The molecule has 3 heteroatoms. The summed E-state index contributed by atoms with van der Waals surface area (Å²) in [5.74, 6) is 0.259. The number of nitriles is 1. The van der Waals surface area contributed by atoms with Gasteiger partial charge < -0.3 is 4.74 Å². The Balaban J connectivity index is 2.18. The van der Waals surface area contributed by atoms with Crippen molar-refractivity contribution in [2.45, 2.75) is 39.5 Å². The molecular formula is C24H27NO2. The average Bonchev–Trinajstić information content (AvgIpc) is 2.69. The Morgan fingerprint density at radius 1 is 0.926 bits per heavy atom. The quantitative estimate of drug-likeness (QED) is 0.184. The molecule has 0 aliphatic heterocycles. The SMILES string of the molecule is CC(C)CCCCCOC(=O)/C(=C(/C#N)c1ccccc1)c1ccccc1. The molecule has 0 aliphatic rings. The predicted molar refractivity (Wildman–Crippen MR) is 110 cm³/mol. The van der Waals surface area contributed by atoms with Crippen molar-refractivity contribution in [2.24, 2.45) is 5.92 Å². The van der Waals surface area contributed by atoms with Gasteiger partial charge in [0, 0.05) is 0 Å². The summed E-state index contributed by atoms with van der Waals surface area (Å²) in [6.07, 6.45) is 4.22. The Morgan fingerprint density at radius 3 is 2.07 bits per heavy atom. The highest BCUT2D eigenvalue weighted by atomic mass is 16.5. The fourth-order valence-electron chi connectivity index (χ4n) is 2.91. The highest BCUT2D eigenvalue weighted by Gasteiger charge is 2.20. The van der Waals surface area contributed by atoms with Crippen molar-refractivity contribution in [1.82, 2.24) is 0 Å². The number of hydrogen-bond acceptors (Lipinski definition) is 3. The van der Waals surface area contributed by atoms with Crippen molar-refractivity contribution in [3.8, 4) is 6.07 Å². The summed E-state index contributed by atoms with van der Waals surface area (Å²) in [7, 11) is 0. The zero-order chi connectivity index (χ0) is 19.5. The third-order valence-corrected chi connectivity index (χ3v) is 4.35. The third-order valence-electron chi connectivity index (χ3n) is 4.35. The van der Waals surface area contributed by atoms with E-state index >= 15 is 0 Å². The summed E-state index contributed by atoms with van der Waals surface area (Å²) >= 11 is 0. The van der Waals surface area contributed by atoms with E-state index in [0.717, 1.165) is 19.3 Å². The Labute approximate surface area is 162 Å². The molecule has 0 heterocycles. The number of unbranched alkanes of at least 4 members (excludes halogenated alkanes) is 2. The van der Waals surface area contributed by atoms with Crippen molar-refractivity contribution in [1.29, 1.82) is 5.26 Å². The van der Waals surface area contributed by atoms with Gasteiger partial charge in [-0.25, -0.2) is 4.79 Å². The van der Waals surface area contributed by atoms with Gasteiger partial charge in [-0.1, -0.05) is 93.8 Å². The van der Waals surface area contributed by atoms with Gasteiger partial charge in [0.2, 0.25) is 0 Å². The second-order valence-corrected chi connectivity index (χ2v) is 6.97. The zero-order valence-corrected chi connectivity index (χ0v) is 16.2. The van der Waals surface area contributed by atoms with E-state index in [1.807, 2.05) is 60.7 Å². The molecule has 0 amide bonds. The van der Waals surface area contributed by atoms with Crippen molar-refractivity contribution >= 4 is 17.1 Å². The Bertz CT molecular complexity index is 786. The maximum absolute atomic E-state index is 12.8. The average molecular weight is 361 g/mol. The number of carbonyl (C=O) groups excluding carboxylic acids is 1. The smallest absolute Gasteiger partial charge is 0.340 e. The number of hydrogen-bond donors (Lipinski definition) is 0. The number of ether oxygens (including phenoxy) is 1. The summed E-state index contributed by atoms with van der Waals surface area (Å²) in [5, 5.41) is 9.74. The molecule has 0 aliphatic carbocycles. The molecular weight excluding hydrogens is 334 g/mol. The summed E-state index contributed by atoms with van der Waals surface area (Å²) in [4.78, 5) is 12.8. The molecule has 0 fully saturated rings. The summed E-state index contributed by atoms with van der Waals surface area (Å²) < 4.78 is 5.52. The number of benzene rings is 2. The molecule has 2 rings (SSSR count). The van der Waals surface area contributed by atoms with E-state index in [1.54, 1.807) is 0 Å². The van der Waals surface area contributed by atoms with Crippen LogP contribution in [0.3, 0.4) is 0 Å². The van der Waals surface area contributed by atoms with Crippen LogP contribution in [0, 0.1) is 17.2 Å². The van der Waals surface area contributed by atoms with Crippen LogP contribution in [0.4, 0.5) is 0 Å². The highest BCUT2D eigenvalue weighted by Crippen LogP contribution is 2.27. The summed E-state index contributed by atoms with van der Waals surface area (Å²) in [6.45, 7) is 4.80. The van der Waals surface area contributed by atoms with Gasteiger partial charge >= 0.3 is 5.97 Å².